The molecule has 11 heteroatoms. The fraction of sp³-hybridized carbons (Fsp3) is 0.880. The maximum atomic E-state index is 13.1. The van der Waals surface area contributed by atoms with Gasteiger partial charge in [-0.15, -0.1) is 0 Å². The van der Waals surface area contributed by atoms with Crippen molar-refractivity contribution in [3.63, 3.8) is 0 Å². The SMILES string of the molecule is CCCCCCC/C=C\CCCCCCCC(=O)OCCCCCCCCCCCCCCCCC/C=C\C/C=C\CCCCCCCCCCCCCCCCCCCC(=O)NC(COC1OC(CO)C(O)C(O)C1O)C(O)/C=C/CCCCCCCCCCCCC. The summed E-state index contributed by atoms with van der Waals surface area (Å²) < 4.78 is 16.8. The molecular weight excluding hydrogens is 1170 g/mol. The van der Waals surface area contributed by atoms with E-state index in [1.54, 1.807) is 6.08 Å². The Balaban J connectivity index is 1.90. The summed E-state index contributed by atoms with van der Waals surface area (Å²) in [6.45, 7) is 4.38. The molecule has 94 heavy (non-hydrogen) atoms. The van der Waals surface area contributed by atoms with E-state index in [1.165, 1.54) is 315 Å². The molecule has 7 atom stereocenters. The van der Waals surface area contributed by atoms with E-state index in [0.717, 1.165) is 64.2 Å². The number of rotatable bonds is 73. The van der Waals surface area contributed by atoms with E-state index in [2.05, 4.69) is 55.6 Å². The quantitative estimate of drug-likeness (QED) is 0.0195. The number of ether oxygens (including phenoxy) is 3. The van der Waals surface area contributed by atoms with Crippen LogP contribution in [0.25, 0.3) is 0 Å². The molecule has 1 rings (SSSR count). The number of hydrogen-bond acceptors (Lipinski definition) is 10. The van der Waals surface area contributed by atoms with Gasteiger partial charge in [-0.1, -0.05) is 351 Å². The van der Waals surface area contributed by atoms with E-state index in [-0.39, 0.29) is 18.5 Å². The third kappa shape index (κ3) is 59.7. The average molecular weight is 1330 g/mol. The monoisotopic (exact) mass is 1330 g/mol. The zero-order chi connectivity index (χ0) is 67.9. The number of nitrogens with one attached hydrogen (secondary N) is 1. The third-order valence-corrected chi connectivity index (χ3v) is 19.4. The van der Waals surface area contributed by atoms with Gasteiger partial charge < -0.3 is 45.1 Å². The Morgan fingerprint density at radius 3 is 1.09 bits per heavy atom. The summed E-state index contributed by atoms with van der Waals surface area (Å²) in [6.07, 6.45) is 85.7. The molecule has 1 amide bonds. The maximum absolute atomic E-state index is 13.1. The van der Waals surface area contributed by atoms with Gasteiger partial charge >= 0.3 is 5.97 Å². The number of aliphatic hydroxyl groups excluding tert-OH is 5. The highest BCUT2D eigenvalue weighted by molar-refractivity contribution is 5.76. The van der Waals surface area contributed by atoms with Crippen LogP contribution in [0.4, 0.5) is 0 Å². The van der Waals surface area contributed by atoms with Crippen molar-refractivity contribution in [1.29, 1.82) is 0 Å². The molecule has 1 fully saturated rings. The van der Waals surface area contributed by atoms with Gasteiger partial charge in [-0.2, -0.15) is 0 Å². The van der Waals surface area contributed by atoms with Crippen molar-refractivity contribution < 1.29 is 49.3 Å². The summed E-state index contributed by atoms with van der Waals surface area (Å²) in [7, 11) is 0. The second-order valence-electron chi connectivity index (χ2n) is 28.5. The molecule has 1 aliphatic heterocycles. The van der Waals surface area contributed by atoms with Gasteiger partial charge in [-0.05, 0) is 89.9 Å². The van der Waals surface area contributed by atoms with E-state index in [1.807, 2.05) is 6.08 Å². The predicted molar refractivity (Wildman–Crippen MR) is 398 cm³/mol. The minimum absolute atomic E-state index is 0.00643. The minimum Gasteiger partial charge on any atom is -0.466 e. The first-order chi connectivity index (χ1) is 46.2. The lowest BCUT2D eigenvalue weighted by atomic mass is 9.99. The highest BCUT2D eigenvalue weighted by Gasteiger charge is 2.44. The maximum Gasteiger partial charge on any atom is 0.305 e. The molecule has 0 saturated carbocycles. The Bertz CT molecular complexity index is 1700. The minimum atomic E-state index is -1.57. The molecule has 552 valence electrons. The Morgan fingerprint density at radius 2 is 0.713 bits per heavy atom. The van der Waals surface area contributed by atoms with Gasteiger partial charge in [0.15, 0.2) is 6.29 Å². The van der Waals surface area contributed by atoms with Crippen LogP contribution in [-0.4, -0.2) is 100 Å². The van der Waals surface area contributed by atoms with E-state index in [9.17, 15) is 35.1 Å². The molecule has 7 unspecified atom stereocenters. The second kappa shape index (κ2) is 71.9. The van der Waals surface area contributed by atoms with Gasteiger partial charge in [0.05, 0.1) is 32.0 Å². The third-order valence-electron chi connectivity index (χ3n) is 19.4. The first kappa shape index (κ1) is 89.6. The number of allylic oxidation sites excluding steroid dienone is 7. The van der Waals surface area contributed by atoms with Crippen molar-refractivity contribution in [2.45, 2.75) is 448 Å². The van der Waals surface area contributed by atoms with Crippen molar-refractivity contribution in [1.82, 2.24) is 5.32 Å². The van der Waals surface area contributed by atoms with Crippen LogP contribution in [-0.2, 0) is 23.8 Å². The predicted octanol–water partition coefficient (Wildman–Crippen LogP) is 22.3. The van der Waals surface area contributed by atoms with E-state index < -0.39 is 49.5 Å². The van der Waals surface area contributed by atoms with E-state index in [4.69, 9.17) is 14.2 Å². The van der Waals surface area contributed by atoms with Crippen LogP contribution >= 0.6 is 0 Å². The molecule has 0 aromatic carbocycles. The van der Waals surface area contributed by atoms with Gasteiger partial charge in [-0.3, -0.25) is 9.59 Å². The van der Waals surface area contributed by atoms with Crippen molar-refractivity contribution >= 4 is 11.9 Å². The smallest absolute Gasteiger partial charge is 0.305 e. The molecule has 1 aliphatic rings. The fourth-order valence-corrected chi connectivity index (χ4v) is 13.0. The molecule has 0 aromatic rings. The molecule has 0 bridgehead atoms. The number of carbonyl (C=O) groups excluding carboxylic acids is 2. The highest BCUT2D eigenvalue weighted by Crippen LogP contribution is 2.24. The molecule has 11 nitrogen and oxygen atoms in total. The van der Waals surface area contributed by atoms with Crippen molar-refractivity contribution in [2.24, 2.45) is 0 Å². The normalized spacial score (nSPS) is 17.6. The zero-order valence-corrected chi connectivity index (χ0v) is 61.7. The molecule has 1 heterocycles. The molecule has 1 saturated heterocycles. The van der Waals surface area contributed by atoms with Crippen LogP contribution in [0.1, 0.15) is 406 Å². The van der Waals surface area contributed by atoms with Crippen LogP contribution in [0, 0.1) is 0 Å². The zero-order valence-electron chi connectivity index (χ0n) is 61.7. The lowest BCUT2D eigenvalue weighted by Crippen LogP contribution is -2.60. The summed E-state index contributed by atoms with van der Waals surface area (Å²) in [6, 6.07) is -0.808. The standard InChI is InChI=1S/C83H155NO10/c1-3-5-7-9-11-13-15-17-47-51-55-59-63-67-71-79(88)92-72-68-64-60-56-52-48-44-42-40-38-36-34-32-30-28-26-24-22-20-18-19-21-23-25-27-29-31-33-35-37-39-41-43-46-50-54-58-62-66-70-78(87)84-75(74-93-83-82(91)81(90)80(89)77(73-85)94-83)76(86)69-65-61-57-53-49-45-16-14-12-10-8-6-4-2/h15,17-19,22,24,65,69,75-77,80-83,85-86,89-91H,3-14,16,20-21,23,25-64,66-68,70-74H2,1-2H3,(H,84,87)/b17-15-,19-18-,24-22-,69-65+. The lowest BCUT2D eigenvalue weighted by Gasteiger charge is -2.40. The summed E-state index contributed by atoms with van der Waals surface area (Å²) in [4.78, 5) is 25.2. The van der Waals surface area contributed by atoms with Crippen LogP contribution in [0.5, 0.6) is 0 Å². The van der Waals surface area contributed by atoms with Gasteiger partial charge in [0.25, 0.3) is 0 Å². The van der Waals surface area contributed by atoms with Crippen molar-refractivity contribution in [3.05, 3.63) is 48.6 Å². The lowest BCUT2D eigenvalue weighted by molar-refractivity contribution is -0.302. The second-order valence-corrected chi connectivity index (χ2v) is 28.5. The Labute approximate surface area is 580 Å². The molecule has 0 aliphatic carbocycles. The molecule has 0 spiro atoms. The number of aliphatic hydroxyl groups is 5. The Kier molecular flexibility index (Phi) is 68.5. The number of amides is 1. The van der Waals surface area contributed by atoms with Crippen molar-refractivity contribution in [2.75, 3.05) is 19.8 Å². The molecule has 6 N–H and O–H groups in total. The summed E-state index contributed by atoms with van der Waals surface area (Å²) in [5, 5.41) is 54.6. The van der Waals surface area contributed by atoms with Gasteiger partial charge in [0.2, 0.25) is 5.91 Å². The van der Waals surface area contributed by atoms with Crippen molar-refractivity contribution in [3.8, 4) is 0 Å². The summed E-state index contributed by atoms with van der Waals surface area (Å²) >= 11 is 0. The summed E-state index contributed by atoms with van der Waals surface area (Å²) in [5.41, 5.74) is 0. The summed E-state index contributed by atoms with van der Waals surface area (Å²) in [5.74, 6) is -0.170. The largest absolute Gasteiger partial charge is 0.466 e. The number of esters is 1. The first-order valence-electron chi connectivity index (χ1n) is 40.9. The van der Waals surface area contributed by atoms with Crippen LogP contribution in [0.3, 0.4) is 0 Å². The fourth-order valence-electron chi connectivity index (χ4n) is 13.0. The highest BCUT2D eigenvalue weighted by atomic mass is 16.7. The number of hydrogen-bond donors (Lipinski definition) is 6. The van der Waals surface area contributed by atoms with Gasteiger partial charge in [-0.25, -0.2) is 0 Å². The molecular formula is C83H155NO10. The number of carbonyl (C=O) groups is 2. The molecule has 0 radical (unpaired) electrons. The van der Waals surface area contributed by atoms with Crippen LogP contribution in [0.15, 0.2) is 48.6 Å². The van der Waals surface area contributed by atoms with Gasteiger partial charge in [0, 0.05) is 12.8 Å². The average Bonchev–Trinajstić information content (AvgIpc) is 0.901. The van der Waals surface area contributed by atoms with Crippen LogP contribution < -0.4 is 5.32 Å². The van der Waals surface area contributed by atoms with Crippen LogP contribution in [0.2, 0.25) is 0 Å². The topological polar surface area (TPSA) is 175 Å². The number of unbranched alkanes of at least 4 members (excludes halogenated alkanes) is 53. The molecule has 0 aromatic heterocycles. The van der Waals surface area contributed by atoms with E-state index >= 15 is 0 Å². The first-order valence-corrected chi connectivity index (χ1v) is 40.9. The van der Waals surface area contributed by atoms with Gasteiger partial charge in [0.1, 0.15) is 24.4 Å². The Hall–Kier alpha value is -2.38. The van der Waals surface area contributed by atoms with E-state index in [0.29, 0.717) is 19.4 Å². The Morgan fingerprint density at radius 1 is 0.394 bits per heavy atom.